The number of carbonyl (C=O) groups excluding carboxylic acids is 2. The van der Waals surface area contributed by atoms with E-state index >= 15 is 0 Å². The Kier molecular flexibility index (Phi) is 5.86. The van der Waals surface area contributed by atoms with Crippen LogP contribution in [0.15, 0.2) is 18.2 Å². The molecule has 1 N–H and O–H groups in total. The number of halogens is 4. The number of amides is 2. The lowest BCUT2D eigenvalue weighted by molar-refractivity contribution is -0.162. The van der Waals surface area contributed by atoms with Crippen molar-refractivity contribution in [2.75, 3.05) is 25.0 Å². The Labute approximate surface area is 141 Å². The number of hydrogen-bond acceptors (Lipinski definition) is 3. The molecule has 1 saturated heterocycles. The number of rotatable bonds is 3. The Morgan fingerprint density at radius 2 is 1.92 bits per heavy atom. The van der Waals surface area contributed by atoms with E-state index in [2.05, 4.69) is 10.1 Å². The van der Waals surface area contributed by atoms with Crippen molar-refractivity contribution in [3.8, 4) is 0 Å². The number of nitrogens with one attached hydrogen (secondary N) is 1. The van der Waals surface area contributed by atoms with Crippen LogP contribution in [0.3, 0.4) is 0 Å². The van der Waals surface area contributed by atoms with E-state index in [0.29, 0.717) is 0 Å². The van der Waals surface area contributed by atoms with Crippen molar-refractivity contribution in [1.29, 1.82) is 0 Å². The Bertz CT molecular complexity index is 641. The maximum atomic E-state index is 13.8. The molecule has 0 radical (unpaired) electrons. The number of benzene rings is 1. The van der Waals surface area contributed by atoms with Gasteiger partial charge in [-0.2, -0.15) is 13.2 Å². The minimum atomic E-state index is -4.58. The molecule has 0 aromatic heterocycles. The minimum absolute atomic E-state index is 0.0719. The Balaban J connectivity index is 1.83. The molecular weight excluding hydrogens is 344 g/mol. The Morgan fingerprint density at radius 1 is 1.28 bits per heavy atom. The van der Waals surface area contributed by atoms with Crippen LogP contribution in [-0.2, 0) is 9.53 Å². The largest absolute Gasteiger partial charge is 0.440 e. The van der Waals surface area contributed by atoms with Crippen LogP contribution in [-0.4, -0.2) is 42.8 Å². The van der Waals surface area contributed by atoms with Gasteiger partial charge < -0.3 is 15.0 Å². The van der Waals surface area contributed by atoms with E-state index in [0.717, 1.165) is 10.5 Å². The first kappa shape index (κ1) is 19.0. The maximum absolute atomic E-state index is 13.8. The van der Waals surface area contributed by atoms with E-state index < -0.39 is 30.6 Å². The van der Waals surface area contributed by atoms with Gasteiger partial charge in [0.05, 0.1) is 5.69 Å². The summed E-state index contributed by atoms with van der Waals surface area (Å²) < 4.78 is 54.0. The number of alkyl halides is 3. The molecular formula is C16H18F4N2O3. The summed E-state index contributed by atoms with van der Waals surface area (Å²) in [6.07, 6.45) is -5.10. The van der Waals surface area contributed by atoms with Crippen LogP contribution in [0.2, 0.25) is 0 Å². The van der Waals surface area contributed by atoms with Gasteiger partial charge in [-0.1, -0.05) is 6.07 Å². The molecule has 5 nitrogen and oxygen atoms in total. The summed E-state index contributed by atoms with van der Waals surface area (Å²) in [6.45, 7) is 0.289. The second-order valence-corrected chi connectivity index (χ2v) is 5.90. The van der Waals surface area contributed by atoms with Crippen LogP contribution in [0.25, 0.3) is 0 Å². The van der Waals surface area contributed by atoms with E-state index in [1.807, 2.05) is 0 Å². The number of nitrogens with zero attached hydrogens (tertiary/aromatic N) is 1. The molecule has 1 aliphatic heterocycles. The highest BCUT2D eigenvalue weighted by Crippen LogP contribution is 2.22. The van der Waals surface area contributed by atoms with Gasteiger partial charge in [-0.15, -0.1) is 0 Å². The smallest absolute Gasteiger partial charge is 0.422 e. The highest BCUT2D eigenvalue weighted by Gasteiger charge is 2.33. The van der Waals surface area contributed by atoms with Gasteiger partial charge in [0.25, 0.3) is 0 Å². The summed E-state index contributed by atoms with van der Waals surface area (Å²) >= 11 is 0. The highest BCUT2D eigenvalue weighted by molar-refractivity contribution is 5.92. The molecule has 9 heteroatoms. The normalized spacial score (nSPS) is 15.8. The second-order valence-electron chi connectivity index (χ2n) is 5.90. The van der Waals surface area contributed by atoms with Crippen molar-refractivity contribution in [3.63, 3.8) is 0 Å². The number of hydrogen-bond donors (Lipinski definition) is 1. The number of carbonyl (C=O) groups is 2. The minimum Gasteiger partial charge on any atom is -0.440 e. The van der Waals surface area contributed by atoms with E-state index in [9.17, 15) is 27.2 Å². The third-order valence-electron chi connectivity index (χ3n) is 3.87. The zero-order chi connectivity index (χ0) is 18.6. The van der Waals surface area contributed by atoms with Crippen molar-refractivity contribution >= 4 is 17.7 Å². The summed E-state index contributed by atoms with van der Waals surface area (Å²) in [4.78, 5) is 24.8. The van der Waals surface area contributed by atoms with Crippen LogP contribution in [0.1, 0.15) is 18.4 Å². The molecule has 1 fully saturated rings. The standard InChI is InChI=1S/C16H18F4N2O3/c1-10-2-3-13(12(17)8-10)21-14(23)11-4-6-22(7-5-11)15(24)25-9-16(18,19)20/h2-3,8,11H,4-7,9H2,1H3,(H,21,23). The molecule has 2 rings (SSSR count). The molecule has 25 heavy (non-hydrogen) atoms. The number of likely N-dealkylation sites (tertiary alicyclic amines) is 1. The summed E-state index contributed by atoms with van der Waals surface area (Å²) in [5.41, 5.74) is 0.795. The van der Waals surface area contributed by atoms with E-state index in [-0.39, 0.29) is 37.5 Å². The zero-order valence-electron chi connectivity index (χ0n) is 13.5. The topological polar surface area (TPSA) is 58.6 Å². The molecule has 0 spiro atoms. The van der Waals surface area contributed by atoms with E-state index in [1.54, 1.807) is 13.0 Å². The van der Waals surface area contributed by atoms with Gasteiger partial charge in [0.15, 0.2) is 6.61 Å². The molecule has 1 heterocycles. The van der Waals surface area contributed by atoms with Crippen molar-refractivity contribution in [2.24, 2.45) is 5.92 Å². The molecule has 0 atom stereocenters. The van der Waals surface area contributed by atoms with Gasteiger partial charge in [0.1, 0.15) is 5.82 Å². The van der Waals surface area contributed by atoms with Gasteiger partial charge in [0, 0.05) is 19.0 Å². The lowest BCUT2D eigenvalue weighted by Crippen LogP contribution is -2.42. The lowest BCUT2D eigenvalue weighted by Gasteiger charge is -2.30. The first-order valence-electron chi connectivity index (χ1n) is 7.71. The summed E-state index contributed by atoms with van der Waals surface area (Å²) in [6, 6.07) is 4.43. The van der Waals surface area contributed by atoms with Crippen molar-refractivity contribution in [3.05, 3.63) is 29.6 Å². The van der Waals surface area contributed by atoms with Crippen LogP contribution in [0.4, 0.5) is 28.0 Å². The van der Waals surface area contributed by atoms with Gasteiger partial charge in [0.2, 0.25) is 5.91 Å². The molecule has 0 saturated carbocycles. The molecule has 0 bridgehead atoms. The molecule has 138 valence electrons. The Hall–Kier alpha value is -2.32. The lowest BCUT2D eigenvalue weighted by atomic mass is 9.96. The number of aryl methyl sites for hydroxylation is 1. The third kappa shape index (κ3) is 5.61. The monoisotopic (exact) mass is 362 g/mol. The predicted octanol–water partition coefficient (Wildman–Crippen LogP) is 3.48. The Morgan fingerprint density at radius 3 is 2.48 bits per heavy atom. The molecule has 0 aliphatic carbocycles. The van der Waals surface area contributed by atoms with Crippen LogP contribution in [0.5, 0.6) is 0 Å². The van der Waals surface area contributed by atoms with Crippen molar-refractivity contribution in [2.45, 2.75) is 25.9 Å². The molecule has 1 aromatic carbocycles. The van der Waals surface area contributed by atoms with Gasteiger partial charge in [-0.05, 0) is 37.5 Å². The third-order valence-corrected chi connectivity index (χ3v) is 3.87. The molecule has 1 aromatic rings. The van der Waals surface area contributed by atoms with Crippen LogP contribution >= 0.6 is 0 Å². The van der Waals surface area contributed by atoms with Crippen LogP contribution in [0, 0.1) is 18.7 Å². The van der Waals surface area contributed by atoms with Crippen molar-refractivity contribution in [1.82, 2.24) is 4.90 Å². The van der Waals surface area contributed by atoms with Gasteiger partial charge in [-0.25, -0.2) is 9.18 Å². The SMILES string of the molecule is Cc1ccc(NC(=O)C2CCN(C(=O)OCC(F)(F)F)CC2)c(F)c1. The zero-order valence-corrected chi connectivity index (χ0v) is 13.5. The molecule has 2 amide bonds. The van der Waals surface area contributed by atoms with Crippen molar-refractivity contribution < 1.29 is 31.9 Å². The maximum Gasteiger partial charge on any atom is 0.422 e. The summed E-state index contributed by atoms with van der Waals surface area (Å²) in [5.74, 6) is -1.38. The van der Waals surface area contributed by atoms with Gasteiger partial charge in [-0.3, -0.25) is 4.79 Å². The van der Waals surface area contributed by atoms with Gasteiger partial charge >= 0.3 is 12.3 Å². The fraction of sp³-hybridized carbons (Fsp3) is 0.500. The number of ether oxygens (including phenoxy) is 1. The second kappa shape index (κ2) is 7.71. The molecule has 1 aliphatic rings. The van der Waals surface area contributed by atoms with Crippen LogP contribution < -0.4 is 5.32 Å². The van der Waals surface area contributed by atoms with E-state index in [1.165, 1.54) is 12.1 Å². The quantitative estimate of drug-likeness (QED) is 0.838. The number of anilines is 1. The average molecular weight is 362 g/mol. The fourth-order valence-electron chi connectivity index (χ4n) is 2.52. The molecule has 0 unspecified atom stereocenters. The summed E-state index contributed by atoms with van der Waals surface area (Å²) in [7, 11) is 0. The summed E-state index contributed by atoms with van der Waals surface area (Å²) in [5, 5.41) is 2.50. The first-order valence-corrected chi connectivity index (χ1v) is 7.71. The predicted molar refractivity (Wildman–Crippen MR) is 81.5 cm³/mol. The number of piperidine rings is 1. The first-order chi connectivity index (χ1) is 11.7. The highest BCUT2D eigenvalue weighted by atomic mass is 19.4. The van der Waals surface area contributed by atoms with E-state index in [4.69, 9.17) is 0 Å². The average Bonchev–Trinajstić information content (AvgIpc) is 2.54. The fourth-order valence-corrected chi connectivity index (χ4v) is 2.52.